The molecule has 0 fully saturated rings. The van der Waals surface area contributed by atoms with E-state index in [1.54, 1.807) is 6.07 Å². The van der Waals surface area contributed by atoms with Gasteiger partial charge in [-0.05, 0) is 31.4 Å². The van der Waals surface area contributed by atoms with Crippen molar-refractivity contribution in [3.63, 3.8) is 0 Å². The lowest BCUT2D eigenvalue weighted by Gasteiger charge is -2.05. The van der Waals surface area contributed by atoms with Crippen molar-refractivity contribution in [2.45, 2.75) is 32.6 Å². The molecule has 3 nitrogen and oxygen atoms in total. The third-order valence-electron chi connectivity index (χ3n) is 3.01. The molecule has 16 heavy (non-hydrogen) atoms. The Labute approximate surface area is 94.1 Å². The van der Waals surface area contributed by atoms with E-state index < -0.39 is 0 Å². The molecular weight excluding hydrogens is 204 g/mol. The maximum absolute atomic E-state index is 12.1. The van der Waals surface area contributed by atoms with Crippen LogP contribution in [0.5, 0.6) is 0 Å². The monoisotopic (exact) mass is 218 g/mol. The van der Waals surface area contributed by atoms with Gasteiger partial charge in [-0.25, -0.2) is 0 Å². The first-order valence-corrected chi connectivity index (χ1v) is 5.45. The summed E-state index contributed by atoms with van der Waals surface area (Å²) >= 11 is 0. The highest BCUT2D eigenvalue weighted by atomic mass is 16.3. The van der Waals surface area contributed by atoms with Gasteiger partial charge in [-0.3, -0.25) is 9.59 Å². The van der Waals surface area contributed by atoms with Crippen molar-refractivity contribution in [1.29, 1.82) is 0 Å². The molecule has 0 atom stereocenters. The van der Waals surface area contributed by atoms with Gasteiger partial charge in [0, 0.05) is 12.8 Å². The van der Waals surface area contributed by atoms with E-state index in [1.165, 1.54) is 12.5 Å². The molecule has 0 aromatic carbocycles. The van der Waals surface area contributed by atoms with Gasteiger partial charge in [0.15, 0.2) is 5.78 Å². The Balaban J connectivity index is 2.25. The van der Waals surface area contributed by atoms with Gasteiger partial charge >= 0.3 is 0 Å². The number of Topliss-reactive ketones (excluding diaryl/α,β-unsaturated/α-hetero) is 2. The van der Waals surface area contributed by atoms with Gasteiger partial charge in [0.1, 0.15) is 12.0 Å². The minimum atomic E-state index is 0.000880. The van der Waals surface area contributed by atoms with Gasteiger partial charge in [0.25, 0.3) is 0 Å². The fraction of sp³-hybridized carbons (Fsp3) is 0.385. The predicted octanol–water partition coefficient (Wildman–Crippen LogP) is 2.92. The molecule has 0 aliphatic heterocycles. The maximum atomic E-state index is 12.1. The largest absolute Gasteiger partial charge is 0.472 e. The van der Waals surface area contributed by atoms with Crippen LogP contribution in [0.1, 0.15) is 43.0 Å². The Bertz CT molecular complexity index is 438. The summed E-state index contributed by atoms with van der Waals surface area (Å²) in [6.07, 6.45) is 5.26. The minimum absolute atomic E-state index is 0.000880. The molecule has 1 aliphatic carbocycles. The van der Waals surface area contributed by atoms with Crippen LogP contribution in [-0.2, 0) is 4.79 Å². The zero-order chi connectivity index (χ0) is 11.5. The average molecular weight is 218 g/mol. The average Bonchev–Trinajstić information content (AvgIpc) is 2.74. The van der Waals surface area contributed by atoms with Crippen molar-refractivity contribution in [1.82, 2.24) is 0 Å². The summed E-state index contributed by atoms with van der Waals surface area (Å²) in [5.41, 5.74) is 2.40. The van der Waals surface area contributed by atoms with Gasteiger partial charge in [-0.15, -0.1) is 0 Å². The second kappa shape index (κ2) is 4.47. The molecule has 2 rings (SSSR count). The van der Waals surface area contributed by atoms with Gasteiger partial charge in [-0.1, -0.05) is 5.57 Å². The molecule has 0 saturated heterocycles. The van der Waals surface area contributed by atoms with Crippen LogP contribution in [-0.4, -0.2) is 11.6 Å². The highest BCUT2D eigenvalue weighted by molar-refractivity contribution is 6.09. The maximum Gasteiger partial charge on any atom is 0.192 e. The van der Waals surface area contributed by atoms with Crippen molar-refractivity contribution in [2.75, 3.05) is 0 Å². The molecular formula is C13H14O3. The first kappa shape index (κ1) is 10.9. The summed E-state index contributed by atoms with van der Waals surface area (Å²) in [6, 6.07) is 1.66. The molecule has 1 aromatic rings. The molecule has 1 heterocycles. The Morgan fingerprint density at radius 2 is 2.00 bits per heavy atom. The van der Waals surface area contributed by atoms with E-state index in [2.05, 4.69) is 0 Å². The SMILES string of the molecule is CC1=C(C(=O)c2ccoc2)CCC(=O)CC1. The molecule has 0 N–H and O–H groups in total. The number of ketones is 2. The second-order valence-corrected chi connectivity index (χ2v) is 4.14. The number of carbonyl (C=O) groups is 2. The zero-order valence-corrected chi connectivity index (χ0v) is 9.29. The van der Waals surface area contributed by atoms with Gasteiger partial charge in [0.2, 0.25) is 0 Å². The van der Waals surface area contributed by atoms with Crippen molar-refractivity contribution in [3.05, 3.63) is 35.3 Å². The van der Waals surface area contributed by atoms with E-state index in [1.807, 2.05) is 6.92 Å². The van der Waals surface area contributed by atoms with Gasteiger partial charge in [-0.2, -0.15) is 0 Å². The molecule has 0 bridgehead atoms. The zero-order valence-electron chi connectivity index (χ0n) is 9.29. The van der Waals surface area contributed by atoms with Crippen molar-refractivity contribution in [2.24, 2.45) is 0 Å². The van der Waals surface area contributed by atoms with E-state index in [9.17, 15) is 9.59 Å². The topological polar surface area (TPSA) is 47.3 Å². The molecule has 1 aliphatic rings. The van der Waals surface area contributed by atoms with E-state index in [-0.39, 0.29) is 11.6 Å². The van der Waals surface area contributed by atoms with E-state index >= 15 is 0 Å². The van der Waals surface area contributed by atoms with E-state index in [4.69, 9.17) is 4.42 Å². The van der Waals surface area contributed by atoms with Crippen molar-refractivity contribution >= 4 is 11.6 Å². The molecule has 1 aromatic heterocycles. The quantitative estimate of drug-likeness (QED) is 0.717. The number of hydrogen-bond acceptors (Lipinski definition) is 3. The van der Waals surface area contributed by atoms with Crippen LogP contribution in [0.4, 0.5) is 0 Å². The molecule has 0 saturated carbocycles. The fourth-order valence-corrected chi connectivity index (χ4v) is 1.96. The molecule has 0 amide bonds. The highest BCUT2D eigenvalue weighted by Crippen LogP contribution is 2.24. The third kappa shape index (κ3) is 2.13. The number of rotatable bonds is 2. The Morgan fingerprint density at radius 1 is 1.25 bits per heavy atom. The molecule has 0 spiro atoms. The van der Waals surface area contributed by atoms with Crippen LogP contribution in [0.3, 0.4) is 0 Å². The summed E-state index contributed by atoms with van der Waals surface area (Å²) in [4.78, 5) is 23.4. The first-order valence-electron chi connectivity index (χ1n) is 5.45. The predicted molar refractivity (Wildman–Crippen MR) is 59.2 cm³/mol. The fourth-order valence-electron chi connectivity index (χ4n) is 1.96. The number of furan rings is 1. The molecule has 3 heteroatoms. The summed E-state index contributed by atoms with van der Waals surface area (Å²) in [5, 5.41) is 0. The van der Waals surface area contributed by atoms with Crippen LogP contribution < -0.4 is 0 Å². The van der Waals surface area contributed by atoms with E-state index in [0.717, 1.165) is 11.1 Å². The molecule has 0 radical (unpaired) electrons. The first-order chi connectivity index (χ1) is 7.68. The van der Waals surface area contributed by atoms with Crippen LogP contribution >= 0.6 is 0 Å². The highest BCUT2D eigenvalue weighted by Gasteiger charge is 2.20. The lowest BCUT2D eigenvalue weighted by molar-refractivity contribution is -0.118. The smallest absolute Gasteiger partial charge is 0.192 e. The van der Waals surface area contributed by atoms with Crippen molar-refractivity contribution < 1.29 is 14.0 Å². The summed E-state index contributed by atoms with van der Waals surface area (Å²) < 4.78 is 4.90. The third-order valence-corrected chi connectivity index (χ3v) is 3.01. The Morgan fingerprint density at radius 3 is 2.69 bits per heavy atom. The van der Waals surface area contributed by atoms with Gasteiger partial charge < -0.3 is 4.42 Å². The normalized spacial score (nSPS) is 17.4. The minimum Gasteiger partial charge on any atom is -0.472 e. The summed E-state index contributed by atoms with van der Waals surface area (Å²) in [6.45, 7) is 1.94. The lowest BCUT2D eigenvalue weighted by atomic mass is 9.97. The van der Waals surface area contributed by atoms with Crippen LogP contribution in [0, 0.1) is 0 Å². The van der Waals surface area contributed by atoms with Crippen LogP contribution in [0.15, 0.2) is 34.2 Å². The standard InChI is InChI=1S/C13H14O3/c1-9-2-3-11(14)4-5-12(9)13(15)10-6-7-16-8-10/h6-8H,2-5H2,1H3. The second-order valence-electron chi connectivity index (χ2n) is 4.14. The summed E-state index contributed by atoms with van der Waals surface area (Å²) in [5.74, 6) is 0.246. The van der Waals surface area contributed by atoms with Crippen LogP contribution in [0.2, 0.25) is 0 Å². The number of hydrogen-bond donors (Lipinski definition) is 0. The summed E-state index contributed by atoms with van der Waals surface area (Å²) in [7, 11) is 0. The number of allylic oxidation sites excluding steroid dienone is 2. The van der Waals surface area contributed by atoms with Crippen molar-refractivity contribution in [3.8, 4) is 0 Å². The lowest BCUT2D eigenvalue weighted by Crippen LogP contribution is -2.04. The van der Waals surface area contributed by atoms with E-state index in [0.29, 0.717) is 31.2 Å². The number of carbonyl (C=O) groups excluding carboxylic acids is 2. The Kier molecular flexibility index (Phi) is 3.04. The Hall–Kier alpha value is -1.64. The van der Waals surface area contributed by atoms with Crippen LogP contribution in [0.25, 0.3) is 0 Å². The molecule has 84 valence electrons. The molecule has 0 unspecified atom stereocenters. The van der Waals surface area contributed by atoms with Gasteiger partial charge in [0.05, 0.1) is 11.8 Å².